The summed E-state index contributed by atoms with van der Waals surface area (Å²) >= 11 is 0. The molecule has 198 valence electrons. The van der Waals surface area contributed by atoms with E-state index in [1.165, 1.54) is 48.8 Å². The van der Waals surface area contributed by atoms with E-state index in [1.807, 2.05) is 4.72 Å². The maximum atomic E-state index is 12.5. The number of anilines is 1. The summed E-state index contributed by atoms with van der Waals surface area (Å²) in [6.07, 6.45) is 3.04. The van der Waals surface area contributed by atoms with Gasteiger partial charge in [0.15, 0.2) is 0 Å². The van der Waals surface area contributed by atoms with Gasteiger partial charge in [0.05, 0.1) is 11.4 Å². The van der Waals surface area contributed by atoms with Crippen LogP contribution in [0.2, 0.25) is 0 Å². The molecule has 0 saturated heterocycles. The van der Waals surface area contributed by atoms with Gasteiger partial charge >= 0.3 is 12.0 Å². The molecule has 0 radical (unpaired) electrons. The molecular formula is C25H25N5O7S. The highest BCUT2D eigenvalue weighted by Crippen LogP contribution is 2.13. The molecule has 3 rings (SSSR count). The number of carboxylic acids is 1. The first-order valence-electron chi connectivity index (χ1n) is 11.2. The van der Waals surface area contributed by atoms with Gasteiger partial charge in [-0.25, -0.2) is 22.7 Å². The topological polar surface area (TPSA) is 184 Å². The van der Waals surface area contributed by atoms with Gasteiger partial charge in [0.25, 0.3) is 15.9 Å². The van der Waals surface area contributed by atoms with Crippen molar-refractivity contribution in [3.63, 3.8) is 0 Å². The van der Waals surface area contributed by atoms with Crippen molar-refractivity contribution in [2.75, 3.05) is 11.9 Å². The molecule has 38 heavy (non-hydrogen) atoms. The highest BCUT2D eigenvalue weighted by molar-refractivity contribution is 7.90. The van der Waals surface area contributed by atoms with Gasteiger partial charge in [0.1, 0.15) is 6.04 Å². The van der Waals surface area contributed by atoms with Crippen LogP contribution in [0.15, 0.2) is 78.0 Å². The van der Waals surface area contributed by atoms with Gasteiger partial charge in [-0.15, -0.1) is 0 Å². The van der Waals surface area contributed by atoms with Crippen molar-refractivity contribution in [2.24, 2.45) is 0 Å². The van der Waals surface area contributed by atoms with Crippen LogP contribution in [0.3, 0.4) is 0 Å². The molecule has 12 nitrogen and oxygen atoms in total. The van der Waals surface area contributed by atoms with Crippen LogP contribution < -0.4 is 20.7 Å². The zero-order valence-corrected chi connectivity index (χ0v) is 21.0. The van der Waals surface area contributed by atoms with Gasteiger partial charge < -0.3 is 21.1 Å². The largest absolute Gasteiger partial charge is 0.480 e. The predicted molar refractivity (Wildman–Crippen MR) is 137 cm³/mol. The number of sulfonamides is 1. The molecule has 0 aliphatic heterocycles. The first-order valence-corrected chi connectivity index (χ1v) is 12.7. The van der Waals surface area contributed by atoms with E-state index in [1.54, 1.807) is 31.2 Å². The van der Waals surface area contributed by atoms with Crippen LogP contribution in [0.5, 0.6) is 0 Å². The molecular weight excluding hydrogens is 514 g/mol. The van der Waals surface area contributed by atoms with E-state index < -0.39 is 46.4 Å². The van der Waals surface area contributed by atoms with E-state index >= 15 is 0 Å². The maximum Gasteiger partial charge on any atom is 0.333 e. The number of nitrogens with one attached hydrogen (secondary N) is 4. The number of hydrogen-bond donors (Lipinski definition) is 5. The monoisotopic (exact) mass is 539 g/mol. The van der Waals surface area contributed by atoms with Crippen molar-refractivity contribution >= 4 is 39.5 Å². The fraction of sp³-hybridized carbons (Fsp3) is 0.160. The average molecular weight is 540 g/mol. The number of nitrogens with zero attached hydrogens (tertiary/aromatic N) is 1. The normalized spacial score (nSPS) is 11.6. The number of aryl methyl sites for hydroxylation is 1. The number of benzene rings is 2. The smallest absolute Gasteiger partial charge is 0.333 e. The summed E-state index contributed by atoms with van der Waals surface area (Å²) in [5, 5.41) is 16.4. The fourth-order valence-corrected chi connectivity index (χ4v) is 4.16. The molecule has 4 amide bonds. The second kappa shape index (κ2) is 12.5. The Morgan fingerprint density at radius 3 is 2.39 bits per heavy atom. The number of aliphatic carboxylic acids is 1. The van der Waals surface area contributed by atoms with Crippen molar-refractivity contribution in [1.29, 1.82) is 0 Å². The van der Waals surface area contributed by atoms with Crippen LogP contribution in [0, 0.1) is 6.92 Å². The van der Waals surface area contributed by atoms with E-state index in [0.717, 1.165) is 5.56 Å². The maximum absolute atomic E-state index is 12.5. The van der Waals surface area contributed by atoms with Crippen LogP contribution in [0.4, 0.5) is 10.5 Å². The van der Waals surface area contributed by atoms with Crippen molar-refractivity contribution in [1.82, 2.24) is 20.3 Å². The standard InChI is InChI=1S/C25H25N5O7S/c1-16-7-9-20(10-8-16)38(36,37)30-25(35)28-19-6-2-5-18(13-19)23(32)27-15-22(31)29-21(24(33)34)12-17-4-3-11-26-14-17/h2-11,13-14,21H,12,15H2,1H3,(H,27,32)(H,29,31)(H,33,34)(H2,28,30,35). The summed E-state index contributed by atoms with van der Waals surface area (Å²) in [4.78, 5) is 52.3. The SMILES string of the molecule is Cc1ccc(S(=O)(=O)NC(=O)Nc2cccc(C(=O)NCC(=O)NC(Cc3cccnc3)C(=O)O)c2)cc1. The van der Waals surface area contributed by atoms with Crippen molar-refractivity contribution in [2.45, 2.75) is 24.3 Å². The van der Waals surface area contributed by atoms with Crippen LogP contribution in [-0.2, 0) is 26.0 Å². The number of urea groups is 1. The number of rotatable bonds is 10. The average Bonchev–Trinajstić information content (AvgIpc) is 2.87. The lowest BCUT2D eigenvalue weighted by Gasteiger charge is -2.15. The molecule has 1 aromatic heterocycles. The van der Waals surface area contributed by atoms with Crippen LogP contribution >= 0.6 is 0 Å². The highest BCUT2D eigenvalue weighted by Gasteiger charge is 2.21. The Balaban J connectivity index is 1.54. The Hall–Kier alpha value is -4.78. The third kappa shape index (κ3) is 8.13. The lowest BCUT2D eigenvalue weighted by molar-refractivity contribution is -0.141. The zero-order valence-electron chi connectivity index (χ0n) is 20.2. The summed E-state index contributed by atoms with van der Waals surface area (Å²) in [5.74, 6) is -2.63. The molecule has 13 heteroatoms. The van der Waals surface area contributed by atoms with E-state index in [4.69, 9.17) is 0 Å². The van der Waals surface area contributed by atoms with Gasteiger partial charge in [-0.2, -0.15) is 0 Å². The quantitative estimate of drug-likeness (QED) is 0.256. The summed E-state index contributed by atoms with van der Waals surface area (Å²) in [6.45, 7) is 1.30. The second-order valence-electron chi connectivity index (χ2n) is 8.16. The van der Waals surface area contributed by atoms with Gasteiger partial charge in [-0.3, -0.25) is 14.6 Å². The summed E-state index contributed by atoms with van der Waals surface area (Å²) in [6, 6.07) is 12.6. The summed E-state index contributed by atoms with van der Waals surface area (Å²) < 4.78 is 26.6. The molecule has 0 saturated carbocycles. The molecule has 1 heterocycles. The number of carbonyl (C=O) groups is 4. The van der Waals surface area contributed by atoms with Gasteiger partial charge in [0, 0.05) is 30.1 Å². The van der Waals surface area contributed by atoms with E-state index in [0.29, 0.717) is 5.56 Å². The second-order valence-corrected chi connectivity index (χ2v) is 9.84. The number of amides is 4. The lowest BCUT2D eigenvalue weighted by atomic mass is 10.1. The molecule has 0 bridgehead atoms. The van der Waals surface area contributed by atoms with E-state index in [-0.39, 0.29) is 22.6 Å². The number of aromatic nitrogens is 1. The summed E-state index contributed by atoms with van der Waals surface area (Å²) in [5.41, 5.74) is 1.67. The van der Waals surface area contributed by atoms with Crippen molar-refractivity contribution in [3.8, 4) is 0 Å². The highest BCUT2D eigenvalue weighted by atomic mass is 32.2. The minimum Gasteiger partial charge on any atom is -0.480 e. The Morgan fingerprint density at radius 1 is 1.00 bits per heavy atom. The van der Waals surface area contributed by atoms with E-state index in [9.17, 15) is 32.7 Å². The van der Waals surface area contributed by atoms with Crippen LogP contribution in [0.1, 0.15) is 21.5 Å². The molecule has 1 atom stereocenters. The van der Waals surface area contributed by atoms with Crippen molar-refractivity contribution < 1.29 is 32.7 Å². The minimum atomic E-state index is -4.11. The van der Waals surface area contributed by atoms with Gasteiger partial charge in [-0.1, -0.05) is 29.8 Å². The third-order valence-corrected chi connectivity index (χ3v) is 6.49. The molecule has 0 aliphatic carbocycles. The van der Waals surface area contributed by atoms with Crippen molar-refractivity contribution in [3.05, 3.63) is 89.7 Å². The Labute approximate surface area is 218 Å². The molecule has 0 fully saturated rings. The molecule has 1 unspecified atom stereocenters. The Kier molecular flexibility index (Phi) is 9.11. The van der Waals surface area contributed by atoms with Crippen LogP contribution in [-0.4, -0.2) is 54.9 Å². The van der Waals surface area contributed by atoms with E-state index in [2.05, 4.69) is 20.9 Å². The Morgan fingerprint density at radius 2 is 1.74 bits per heavy atom. The molecule has 2 aromatic carbocycles. The number of hydrogen-bond acceptors (Lipinski definition) is 7. The number of carbonyl (C=O) groups excluding carboxylic acids is 3. The number of pyridine rings is 1. The van der Waals surface area contributed by atoms with Gasteiger partial charge in [-0.05, 0) is 48.9 Å². The zero-order chi connectivity index (χ0) is 27.7. The predicted octanol–water partition coefficient (Wildman–Crippen LogP) is 1.44. The van der Waals surface area contributed by atoms with Gasteiger partial charge in [0.2, 0.25) is 5.91 Å². The minimum absolute atomic E-state index is 0.0122. The fourth-order valence-electron chi connectivity index (χ4n) is 3.26. The Bertz CT molecular complexity index is 1430. The molecule has 0 aliphatic rings. The first-order chi connectivity index (χ1) is 18.0. The third-order valence-electron chi connectivity index (χ3n) is 5.15. The summed E-state index contributed by atoms with van der Waals surface area (Å²) in [7, 11) is -4.11. The van der Waals surface area contributed by atoms with Crippen LogP contribution in [0.25, 0.3) is 0 Å². The molecule has 0 spiro atoms. The molecule has 5 N–H and O–H groups in total. The number of carboxylic acid groups (broad SMARTS) is 1. The molecule has 3 aromatic rings. The first kappa shape index (κ1) is 27.8. The lowest BCUT2D eigenvalue weighted by Crippen LogP contribution is -2.46.